The summed E-state index contributed by atoms with van der Waals surface area (Å²) in [6.07, 6.45) is 9.63. The molecule has 2 aromatic carbocycles. The zero-order valence-corrected chi connectivity index (χ0v) is 24.7. The van der Waals surface area contributed by atoms with Crippen LogP contribution < -0.4 is 0 Å². The van der Waals surface area contributed by atoms with Crippen molar-refractivity contribution in [1.82, 2.24) is 9.21 Å². The average molecular weight is 672 g/mol. The first-order valence-corrected chi connectivity index (χ1v) is 16.0. The third kappa shape index (κ3) is 5.45. The molecule has 2 aromatic rings. The Balaban J connectivity index is 1.46. The summed E-state index contributed by atoms with van der Waals surface area (Å²) < 4.78 is 55.7. The largest absolute Gasteiger partial charge is 0.507 e. The number of sulfonamides is 1. The highest BCUT2D eigenvalue weighted by atomic mass is 127. The maximum Gasteiger partial charge on any atom is 0.243 e. The van der Waals surface area contributed by atoms with Crippen molar-refractivity contribution in [1.29, 1.82) is 0 Å². The molecule has 3 aliphatic rings. The first kappa shape index (κ1) is 28.8. The molecule has 0 aromatic heterocycles. The molecule has 1 fully saturated rings. The molecule has 2 radical (unpaired) electrons. The second-order valence-electron chi connectivity index (χ2n) is 10.1. The van der Waals surface area contributed by atoms with E-state index < -0.39 is 21.7 Å². The van der Waals surface area contributed by atoms with Crippen LogP contribution in [0.1, 0.15) is 24.8 Å². The van der Waals surface area contributed by atoms with Crippen molar-refractivity contribution in [2.45, 2.75) is 24.2 Å². The Kier molecular flexibility index (Phi) is 8.40. The lowest BCUT2D eigenvalue weighted by Gasteiger charge is -2.41. The third-order valence-corrected chi connectivity index (χ3v) is 10.6. The van der Waals surface area contributed by atoms with E-state index in [9.17, 15) is 22.3 Å². The zero-order valence-electron chi connectivity index (χ0n) is 21.7. The fourth-order valence-electron chi connectivity index (χ4n) is 5.61. The van der Waals surface area contributed by atoms with Gasteiger partial charge in [-0.25, -0.2) is 17.2 Å². The molecule has 5 rings (SSSR count). The number of aromatic hydroxyl groups is 1. The molecule has 0 spiro atoms. The third-order valence-electron chi connectivity index (χ3n) is 7.78. The Bertz CT molecular complexity index is 1580. The van der Waals surface area contributed by atoms with Gasteiger partial charge in [0.25, 0.3) is 0 Å². The molecule has 0 aliphatic carbocycles. The Morgan fingerprint density at radius 1 is 1.10 bits per heavy atom. The van der Waals surface area contributed by atoms with Crippen LogP contribution in [0.2, 0.25) is 0 Å². The van der Waals surface area contributed by atoms with Crippen LogP contribution in [0.3, 0.4) is 0 Å². The van der Waals surface area contributed by atoms with Crippen LogP contribution in [0.15, 0.2) is 101 Å². The normalized spacial score (nSPS) is 19.7. The molecule has 1 saturated heterocycles. The number of phenols is 1. The Hall–Kier alpha value is -2.70. The standard InChI is InChI=1S/C30H28BF2IN2O3S/c1-19-6-9-25(31)28-11-7-21(23-4-2-3-5-30(23)37)16-29(36(19)28)24(18-34)20-12-14-35(15-13-20)40(38,39)22-8-10-26(32)27(33)17-22/h2-10,16-17,20,24,37H,1,11-15,18H2/t24-/m1/s1. The van der Waals surface area contributed by atoms with Gasteiger partial charge in [-0.3, -0.25) is 0 Å². The summed E-state index contributed by atoms with van der Waals surface area (Å²) in [6, 6.07) is 9.89. The van der Waals surface area contributed by atoms with E-state index >= 15 is 0 Å². The topological polar surface area (TPSA) is 60.9 Å². The second kappa shape index (κ2) is 11.7. The molecule has 0 saturated carbocycles. The van der Waals surface area contributed by atoms with Crippen LogP contribution in [-0.4, -0.2) is 48.1 Å². The number of hydrogen-bond acceptors (Lipinski definition) is 4. The Morgan fingerprint density at radius 3 is 2.50 bits per heavy atom. The van der Waals surface area contributed by atoms with Gasteiger partial charge in [-0.15, -0.1) is 0 Å². The first-order chi connectivity index (χ1) is 19.1. The monoisotopic (exact) mass is 672 g/mol. The van der Waals surface area contributed by atoms with E-state index in [1.807, 2.05) is 24.3 Å². The van der Waals surface area contributed by atoms with Crippen molar-refractivity contribution in [2.24, 2.45) is 11.8 Å². The Labute approximate surface area is 248 Å². The lowest BCUT2D eigenvalue weighted by atomic mass is 9.81. The molecular formula is C30H28BF2IN2O3S. The van der Waals surface area contributed by atoms with E-state index in [0.29, 0.717) is 24.7 Å². The fraction of sp³-hybridized carbons (Fsp3) is 0.267. The highest BCUT2D eigenvalue weighted by Crippen LogP contribution is 2.43. The van der Waals surface area contributed by atoms with Crippen LogP contribution in [0.5, 0.6) is 5.75 Å². The highest BCUT2D eigenvalue weighted by Gasteiger charge is 2.37. The molecule has 3 heterocycles. The van der Waals surface area contributed by atoms with Gasteiger partial charge < -0.3 is 10.0 Å². The smallest absolute Gasteiger partial charge is 0.243 e. The molecule has 1 N–H and O–H groups in total. The predicted octanol–water partition coefficient (Wildman–Crippen LogP) is 6.26. The lowest BCUT2D eigenvalue weighted by molar-refractivity contribution is 0.222. The minimum absolute atomic E-state index is 0.0344. The predicted molar refractivity (Wildman–Crippen MR) is 162 cm³/mol. The van der Waals surface area contributed by atoms with Gasteiger partial charge in [-0.2, -0.15) is 4.31 Å². The molecule has 0 unspecified atom stereocenters. The molecule has 10 heteroatoms. The second-order valence-corrected chi connectivity index (χ2v) is 12.9. The summed E-state index contributed by atoms with van der Waals surface area (Å²) in [5, 5.41) is 10.6. The van der Waals surface area contributed by atoms with Gasteiger partial charge in [0.15, 0.2) is 11.6 Å². The minimum Gasteiger partial charge on any atom is -0.507 e. The molecule has 5 nitrogen and oxygen atoms in total. The molecule has 3 aliphatic heterocycles. The first-order valence-electron chi connectivity index (χ1n) is 13.0. The molecule has 0 bridgehead atoms. The number of alkyl halides is 1. The number of rotatable bonds is 6. The van der Waals surface area contributed by atoms with Crippen LogP contribution >= 0.6 is 22.6 Å². The molecular weight excluding hydrogens is 644 g/mol. The summed E-state index contributed by atoms with van der Waals surface area (Å²) in [5.74, 6) is -1.91. The molecule has 40 heavy (non-hydrogen) atoms. The quantitative estimate of drug-likeness (QED) is 0.224. The fourth-order valence-corrected chi connectivity index (χ4v) is 8.26. The summed E-state index contributed by atoms with van der Waals surface area (Å²) in [4.78, 5) is 1.85. The van der Waals surface area contributed by atoms with Crippen molar-refractivity contribution in [3.8, 4) is 5.75 Å². The van der Waals surface area contributed by atoms with Crippen LogP contribution in [0.25, 0.3) is 5.57 Å². The van der Waals surface area contributed by atoms with Crippen molar-refractivity contribution in [3.63, 3.8) is 0 Å². The van der Waals surface area contributed by atoms with Crippen molar-refractivity contribution in [3.05, 3.63) is 113 Å². The number of piperidine rings is 1. The van der Waals surface area contributed by atoms with Crippen molar-refractivity contribution < 1.29 is 22.3 Å². The zero-order chi connectivity index (χ0) is 28.6. The van der Waals surface area contributed by atoms with Crippen molar-refractivity contribution >= 4 is 46.0 Å². The number of nitrogens with zero attached hydrogens (tertiary/aromatic N) is 2. The van der Waals surface area contributed by atoms with Gasteiger partial charge in [-0.05, 0) is 60.8 Å². The maximum atomic E-state index is 13.8. The summed E-state index contributed by atoms with van der Waals surface area (Å²) in [5.41, 5.74) is 4.94. The number of benzene rings is 2. The Morgan fingerprint density at radius 2 is 1.82 bits per heavy atom. The number of fused-ring (bicyclic) bond motifs is 1. The van der Waals surface area contributed by atoms with E-state index in [1.54, 1.807) is 12.1 Å². The molecule has 0 amide bonds. The van der Waals surface area contributed by atoms with Crippen LogP contribution in [0.4, 0.5) is 8.78 Å². The molecule has 206 valence electrons. The molecule has 1 atom stereocenters. The summed E-state index contributed by atoms with van der Waals surface area (Å²) in [6.45, 7) is 4.81. The summed E-state index contributed by atoms with van der Waals surface area (Å²) in [7, 11) is 2.48. The minimum atomic E-state index is -3.96. The van der Waals surface area contributed by atoms with Crippen LogP contribution in [0, 0.1) is 23.5 Å². The number of hydrogen-bond donors (Lipinski definition) is 1. The van der Waals surface area contributed by atoms with Gasteiger partial charge in [0.1, 0.15) is 13.6 Å². The van der Waals surface area contributed by atoms with E-state index in [2.05, 4.69) is 46.2 Å². The van der Waals surface area contributed by atoms with Gasteiger partial charge in [-0.1, -0.05) is 65.0 Å². The van der Waals surface area contributed by atoms with E-state index in [1.165, 1.54) is 4.31 Å². The SMILES string of the molecule is [B]C1=C2CC=C(c3ccccc3O)C=C([C@H](CI)C3CCN(S(=O)(=O)c4ccc(F)c(F)c4)CC3)N2C(=C)C=C1. The van der Waals surface area contributed by atoms with E-state index in [4.69, 9.17) is 7.85 Å². The van der Waals surface area contributed by atoms with Gasteiger partial charge in [0.05, 0.1) is 4.90 Å². The van der Waals surface area contributed by atoms with E-state index in [0.717, 1.165) is 50.9 Å². The van der Waals surface area contributed by atoms with Crippen LogP contribution in [-0.2, 0) is 10.0 Å². The van der Waals surface area contributed by atoms with Crippen molar-refractivity contribution in [2.75, 3.05) is 17.5 Å². The number of phenolic OH excluding ortho intramolecular Hbond substituents is 1. The van der Waals surface area contributed by atoms with Gasteiger partial charge in [0.2, 0.25) is 10.0 Å². The van der Waals surface area contributed by atoms with Gasteiger partial charge >= 0.3 is 0 Å². The maximum absolute atomic E-state index is 13.8. The number of halogens is 3. The number of para-hydroxylation sites is 1. The average Bonchev–Trinajstić information content (AvgIpc) is 3.14. The highest BCUT2D eigenvalue weighted by molar-refractivity contribution is 14.1. The number of allylic oxidation sites excluding steroid dienone is 7. The van der Waals surface area contributed by atoms with E-state index in [-0.39, 0.29) is 35.6 Å². The summed E-state index contributed by atoms with van der Waals surface area (Å²) >= 11 is 2.37. The lowest BCUT2D eigenvalue weighted by Crippen LogP contribution is -2.42. The van der Waals surface area contributed by atoms with Gasteiger partial charge in [0, 0.05) is 52.5 Å².